The molecular formula is C22H26ClN3O3. The van der Waals surface area contributed by atoms with Crippen LogP contribution in [0.15, 0.2) is 42.5 Å². The number of fused-ring (bicyclic) bond motifs is 2. The van der Waals surface area contributed by atoms with Gasteiger partial charge in [0.15, 0.2) is 5.75 Å². The topological polar surface area (TPSA) is 70.7 Å². The van der Waals surface area contributed by atoms with Gasteiger partial charge in [-0.05, 0) is 30.7 Å². The molecule has 1 aliphatic rings. The number of amides is 3. The zero-order valence-electron chi connectivity index (χ0n) is 16.5. The summed E-state index contributed by atoms with van der Waals surface area (Å²) in [6.45, 7) is 2.45. The third-order valence-corrected chi connectivity index (χ3v) is 5.03. The predicted octanol–water partition coefficient (Wildman–Crippen LogP) is 5.55. The molecule has 2 aromatic rings. The summed E-state index contributed by atoms with van der Waals surface area (Å²) in [6, 6.07) is 12.2. The first-order chi connectivity index (χ1) is 14.1. The van der Waals surface area contributed by atoms with Gasteiger partial charge in [0.1, 0.15) is 5.75 Å². The number of halogens is 1. The number of nitrogens with zero attached hydrogens (tertiary/aromatic N) is 1. The predicted molar refractivity (Wildman–Crippen MR) is 114 cm³/mol. The molecule has 0 unspecified atom stereocenters. The van der Waals surface area contributed by atoms with Crippen LogP contribution in [0.2, 0.25) is 5.02 Å². The Balaban J connectivity index is 1.66. The van der Waals surface area contributed by atoms with E-state index in [-0.39, 0.29) is 5.91 Å². The summed E-state index contributed by atoms with van der Waals surface area (Å²) in [6.07, 6.45) is 5.68. The maximum Gasteiger partial charge on any atom is 0.341 e. The summed E-state index contributed by atoms with van der Waals surface area (Å²) in [5, 5.41) is 0.493. The van der Waals surface area contributed by atoms with Crippen LogP contribution in [0.1, 0.15) is 51.0 Å². The molecule has 7 heteroatoms. The Bertz CT molecular complexity index is 872. The van der Waals surface area contributed by atoms with E-state index in [2.05, 4.69) is 17.8 Å². The van der Waals surface area contributed by atoms with Crippen LogP contribution < -0.4 is 20.5 Å². The molecule has 0 atom stereocenters. The minimum Gasteiger partial charge on any atom is -0.455 e. The molecule has 3 rings (SSSR count). The van der Waals surface area contributed by atoms with Crippen molar-refractivity contribution in [3.8, 4) is 11.5 Å². The van der Waals surface area contributed by atoms with Gasteiger partial charge in [0.25, 0.3) is 0 Å². The molecule has 0 saturated carbocycles. The highest BCUT2D eigenvalue weighted by atomic mass is 35.5. The van der Waals surface area contributed by atoms with E-state index in [1.165, 1.54) is 11.3 Å². The maximum atomic E-state index is 12.9. The molecule has 0 bridgehead atoms. The van der Waals surface area contributed by atoms with Crippen LogP contribution in [-0.2, 0) is 11.3 Å². The molecule has 0 aromatic heterocycles. The number of para-hydroxylation sites is 1. The number of hydrogen-bond acceptors (Lipinski definition) is 3. The third-order valence-electron chi connectivity index (χ3n) is 4.79. The quantitative estimate of drug-likeness (QED) is 0.479. The van der Waals surface area contributed by atoms with Crippen LogP contribution in [-0.4, -0.2) is 11.9 Å². The summed E-state index contributed by atoms with van der Waals surface area (Å²) in [4.78, 5) is 26.4. The van der Waals surface area contributed by atoms with Crippen molar-refractivity contribution in [1.82, 2.24) is 10.9 Å². The van der Waals surface area contributed by atoms with Crippen molar-refractivity contribution >= 4 is 29.2 Å². The number of benzene rings is 2. The highest BCUT2D eigenvalue weighted by Gasteiger charge is 2.26. The second kappa shape index (κ2) is 10.2. The zero-order valence-corrected chi connectivity index (χ0v) is 17.3. The Labute approximate surface area is 176 Å². The van der Waals surface area contributed by atoms with Crippen LogP contribution in [0, 0.1) is 0 Å². The lowest BCUT2D eigenvalue weighted by molar-refractivity contribution is -0.121. The summed E-state index contributed by atoms with van der Waals surface area (Å²) in [5.41, 5.74) is 6.42. The molecule has 0 spiro atoms. The van der Waals surface area contributed by atoms with Gasteiger partial charge in [0.2, 0.25) is 5.91 Å². The number of nitrogens with one attached hydrogen (secondary N) is 2. The molecule has 2 N–H and O–H groups in total. The van der Waals surface area contributed by atoms with E-state index in [0.717, 1.165) is 31.2 Å². The van der Waals surface area contributed by atoms with E-state index in [1.54, 1.807) is 18.2 Å². The fourth-order valence-electron chi connectivity index (χ4n) is 3.22. The average Bonchev–Trinajstić information content (AvgIpc) is 2.88. The SMILES string of the molecule is CCCCCCCC(=O)NNC(=O)N1Cc2ccccc2Oc2ccc(Cl)cc21. The monoisotopic (exact) mass is 415 g/mol. The Morgan fingerprint density at radius 2 is 1.83 bits per heavy atom. The van der Waals surface area contributed by atoms with Crippen LogP contribution >= 0.6 is 11.6 Å². The number of urea groups is 1. The molecule has 0 radical (unpaired) electrons. The molecule has 29 heavy (non-hydrogen) atoms. The number of carbonyl (C=O) groups excluding carboxylic acids is 2. The van der Waals surface area contributed by atoms with Crippen molar-refractivity contribution in [3.63, 3.8) is 0 Å². The summed E-state index contributed by atoms with van der Waals surface area (Å²) >= 11 is 6.15. The molecule has 3 amide bonds. The van der Waals surface area contributed by atoms with Crippen molar-refractivity contribution < 1.29 is 14.3 Å². The minimum atomic E-state index is -0.451. The van der Waals surface area contributed by atoms with Gasteiger partial charge in [-0.3, -0.25) is 15.1 Å². The van der Waals surface area contributed by atoms with Gasteiger partial charge >= 0.3 is 6.03 Å². The Hall–Kier alpha value is -2.73. The summed E-state index contributed by atoms with van der Waals surface area (Å²) < 4.78 is 5.98. The van der Waals surface area contributed by atoms with E-state index in [1.807, 2.05) is 24.3 Å². The van der Waals surface area contributed by atoms with Crippen LogP contribution in [0.5, 0.6) is 11.5 Å². The second-order valence-corrected chi connectivity index (χ2v) is 7.49. The van der Waals surface area contributed by atoms with Gasteiger partial charge < -0.3 is 4.74 Å². The lowest BCUT2D eigenvalue weighted by Crippen LogP contribution is -2.48. The highest BCUT2D eigenvalue weighted by Crippen LogP contribution is 2.40. The van der Waals surface area contributed by atoms with Crippen molar-refractivity contribution in [2.24, 2.45) is 0 Å². The first-order valence-electron chi connectivity index (χ1n) is 10.00. The van der Waals surface area contributed by atoms with Crippen LogP contribution in [0.25, 0.3) is 0 Å². The summed E-state index contributed by atoms with van der Waals surface area (Å²) in [7, 11) is 0. The molecule has 0 fully saturated rings. The van der Waals surface area contributed by atoms with Crippen molar-refractivity contribution in [1.29, 1.82) is 0 Å². The number of hydrazine groups is 1. The molecule has 0 saturated heterocycles. The molecule has 0 aliphatic carbocycles. The summed E-state index contributed by atoms with van der Waals surface area (Å²) in [5.74, 6) is 1.01. The molecule has 154 valence electrons. The Kier molecular flexibility index (Phi) is 7.36. The first-order valence-corrected chi connectivity index (χ1v) is 10.4. The molecule has 2 aromatic carbocycles. The third kappa shape index (κ3) is 5.64. The van der Waals surface area contributed by atoms with E-state index < -0.39 is 6.03 Å². The fraction of sp³-hybridized carbons (Fsp3) is 0.364. The Morgan fingerprint density at radius 1 is 1.03 bits per heavy atom. The smallest absolute Gasteiger partial charge is 0.341 e. The fourth-order valence-corrected chi connectivity index (χ4v) is 3.39. The number of rotatable bonds is 6. The normalized spacial score (nSPS) is 12.3. The van der Waals surface area contributed by atoms with Gasteiger partial charge in [-0.15, -0.1) is 0 Å². The highest BCUT2D eigenvalue weighted by molar-refractivity contribution is 6.31. The standard InChI is InChI=1S/C22H26ClN3O3/c1-2-3-4-5-6-11-21(27)24-25-22(28)26-15-16-9-7-8-10-19(16)29-20-13-12-17(23)14-18(20)26/h7-10,12-14H,2-6,11,15H2,1H3,(H,24,27)(H,25,28). The van der Waals surface area contributed by atoms with Gasteiger partial charge in [-0.1, -0.05) is 62.4 Å². The van der Waals surface area contributed by atoms with Crippen molar-refractivity contribution in [2.75, 3.05) is 4.90 Å². The average molecular weight is 416 g/mol. The first kappa shape index (κ1) is 21.0. The lowest BCUT2D eigenvalue weighted by atomic mass is 10.1. The molecule has 1 aliphatic heterocycles. The maximum absolute atomic E-state index is 12.9. The Morgan fingerprint density at radius 3 is 2.66 bits per heavy atom. The van der Waals surface area contributed by atoms with E-state index in [4.69, 9.17) is 16.3 Å². The van der Waals surface area contributed by atoms with E-state index in [9.17, 15) is 9.59 Å². The van der Waals surface area contributed by atoms with Gasteiger partial charge in [0.05, 0.1) is 12.2 Å². The zero-order chi connectivity index (χ0) is 20.6. The van der Waals surface area contributed by atoms with Crippen molar-refractivity contribution in [3.05, 3.63) is 53.1 Å². The number of carbonyl (C=O) groups is 2. The van der Waals surface area contributed by atoms with E-state index in [0.29, 0.717) is 35.2 Å². The minimum absolute atomic E-state index is 0.201. The van der Waals surface area contributed by atoms with Crippen LogP contribution in [0.4, 0.5) is 10.5 Å². The van der Waals surface area contributed by atoms with Gasteiger partial charge in [-0.2, -0.15) is 0 Å². The molecule has 1 heterocycles. The number of anilines is 1. The van der Waals surface area contributed by atoms with Crippen molar-refractivity contribution in [2.45, 2.75) is 52.0 Å². The number of hydrogen-bond donors (Lipinski definition) is 2. The van der Waals surface area contributed by atoms with Gasteiger partial charge in [0, 0.05) is 17.0 Å². The van der Waals surface area contributed by atoms with Gasteiger partial charge in [-0.25, -0.2) is 10.2 Å². The molecular weight excluding hydrogens is 390 g/mol. The van der Waals surface area contributed by atoms with Crippen LogP contribution in [0.3, 0.4) is 0 Å². The lowest BCUT2D eigenvalue weighted by Gasteiger charge is -2.22. The largest absolute Gasteiger partial charge is 0.455 e. The number of ether oxygens (including phenoxy) is 1. The molecule has 6 nitrogen and oxygen atoms in total. The van der Waals surface area contributed by atoms with E-state index >= 15 is 0 Å². The second-order valence-electron chi connectivity index (χ2n) is 7.05. The number of unbranched alkanes of at least 4 members (excludes halogenated alkanes) is 4.